The van der Waals surface area contributed by atoms with Crippen molar-refractivity contribution in [3.8, 4) is 0 Å². The second kappa shape index (κ2) is 5.82. The van der Waals surface area contributed by atoms with Gasteiger partial charge in [0.05, 0.1) is 5.69 Å². The number of rotatable bonds is 3. The van der Waals surface area contributed by atoms with Gasteiger partial charge in [0.1, 0.15) is 0 Å². The number of nitrogens with zero attached hydrogens (tertiary/aromatic N) is 1. The molecule has 2 rings (SSSR count). The molecule has 1 N–H and O–H groups in total. The Hall–Kier alpha value is -1.23. The Labute approximate surface area is 111 Å². The number of benzene rings is 1. The van der Waals surface area contributed by atoms with E-state index in [4.69, 9.17) is 0 Å². The molecule has 106 valence electrons. The van der Waals surface area contributed by atoms with E-state index in [0.717, 1.165) is 32.0 Å². The maximum atomic E-state index is 13.5. The van der Waals surface area contributed by atoms with E-state index in [1.54, 1.807) is 0 Å². The van der Waals surface area contributed by atoms with Crippen molar-refractivity contribution in [3.05, 3.63) is 29.6 Å². The highest BCUT2D eigenvalue weighted by Gasteiger charge is 2.22. The Morgan fingerprint density at radius 1 is 1.11 bits per heavy atom. The predicted molar refractivity (Wildman–Crippen MR) is 69.7 cm³/mol. The van der Waals surface area contributed by atoms with Crippen LogP contribution in [0.25, 0.3) is 0 Å². The number of piperidine rings is 1. The molecule has 0 spiro atoms. The first kappa shape index (κ1) is 14.2. The predicted octanol–water partition coefficient (Wildman–Crippen LogP) is 3.39. The van der Waals surface area contributed by atoms with Gasteiger partial charge in [-0.1, -0.05) is 0 Å². The van der Waals surface area contributed by atoms with Gasteiger partial charge in [0.2, 0.25) is 0 Å². The van der Waals surface area contributed by atoms with Crippen LogP contribution in [0.2, 0.25) is 0 Å². The van der Waals surface area contributed by atoms with Gasteiger partial charge in [-0.3, -0.25) is 0 Å². The van der Waals surface area contributed by atoms with Gasteiger partial charge >= 0.3 is 0 Å². The summed E-state index contributed by atoms with van der Waals surface area (Å²) >= 11 is 0. The van der Waals surface area contributed by atoms with Gasteiger partial charge in [-0.05, 0) is 38.8 Å². The summed E-state index contributed by atoms with van der Waals surface area (Å²) < 4.78 is 39.5. The highest BCUT2D eigenvalue weighted by Crippen LogP contribution is 2.23. The number of likely N-dealkylation sites (tertiary alicyclic amines) is 1. The number of nitrogens with one attached hydrogen (secondary N) is 1. The molecule has 1 heterocycles. The molecule has 5 heteroatoms. The molecule has 1 aromatic rings. The quantitative estimate of drug-likeness (QED) is 0.848. The molecule has 1 saturated heterocycles. The van der Waals surface area contributed by atoms with E-state index >= 15 is 0 Å². The Morgan fingerprint density at radius 3 is 2.32 bits per heavy atom. The number of hydrogen-bond acceptors (Lipinski definition) is 2. The van der Waals surface area contributed by atoms with Gasteiger partial charge < -0.3 is 10.2 Å². The smallest absolute Gasteiger partial charge is 0.196 e. The molecule has 1 fully saturated rings. The molecule has 0 radical (unpaired) electrons. The van der Waals surface area contributed by atoms with Crippen molar-refractivity contribution in [1.29, 1.82) is 0 Å². The number of halogens is 3. The van der Waals surface area contributed by atoms with Crippen molar-refractivity contribution in [1.82, 2.24) is 4.90 Å². The minimum absolute atomic E-state index is 0.0434. The fourth-order valence-corrected chi connectivity index (χ4v) is 2.42. The largest absolute Gasteiger partial charge is 0.380 e. The van der Waals surface area contributed by atoms with Crippen LogP contribution in [0.5, 0.6) is 0 Å². The molecular weight excluding hydrogens is 253 g/mol. The van der Waals surface area contributed by atoms with Crippen molar-refractivity contribution >= 4 is 5.69 Å². The van der Waals surface area contributed by atoms with Crippen molar-refractivity contribution < 1.29 is 13.2 Å². The van der Waals surface area contributed by atoms with Gasteiger partial charge in [0.25, 0.3) is 0 Å². The minimum Gasteiger partial charge on any atom is -0.380 e. The van der Waals surface area contributed by atoms with Crippen LogP contribution in [0.4, 0.5) is 18.9 Å². The SMILES string of the molecule is CC(C)N1CCC(Nc2ccc(F)c(F)c2F)CC1. The molecule has 1 aliphatic rings. The molecule has 0 aliphatic carbocycles. The Balaban J connectivity index is 1.98. The molecule has 2 nitrogen and oxygen atoms in total. The van der Waals surface area contributed by atoms with E-state index in [1.807, 2.05) is 0 Å². The maximum Gasteiger partial charge on any atom is 0.196 e. The zero-order chi connectivity index (χ0) is 14.0. The average molecular weight is 272 g/mol. The lowest BCUT2D eigenvalue weighted by Crippen LogP contribution is -2.42. The van der Waals surface area contributed by atoms with Crippen molar-refractivity contribution in [2.45, 2.75) is 38.8 Å². The molecular formula is C14H19F3N2. The summed E-state index contributed by atoms with van der Waals surface area (Å²) in [6, 6.07) is 2.81. The fourth-order valence-electron chi connectivity index (χ4n) is 2.42. The second-order valence-corrected chi connectivity index (χ2v) is 5.27. The summed E-state index contributed by atoms with van der Waals surface area (Å²) in [7, 11) is 0. The highest BCUT2D eigenvalue weighted by atomic mass is 19.2. The first-order valence-corrected chi connectivity index (χ1v) is 6.63. The Morgan fingerprint density at radius 2 is 1.74 bits per heavy atom. The summed E-state index contributed by atoms with van der Waals surface area (Å²) in [4.78, 5) is 2.35. The van der Waals surface area contributed by atoms with Crippen LogP contribution in [0.15, 0.2) is 12.1 Å². The molecule has 0 bridgehead atoms. The van der Waals surface area contributed by atoms with Crippen LogP contribution in [0, 0.1) is 17.5 Å². The summed E-state index contributed by atoms with van der Waals surface area (Å²) in [5.41, 5.74) is 0.0434. The molecule has 1 aliphatic heterocycles. The van der Waals surface area contributed by atoms with Gasteiger partial charge in [0.15, 0.2) is 17.5 Å². The standard InChI is InChI=1S/C14H19F3N2/c1-9(2)19-7-5-10(6-8-19)18-12-4-3-11(15)13(16)14(12)17/h3-4,9-10,18H,5-8H2,1-2H3. The van der Waals surface area contributed by atoms with Crippen molar-refractivity contribution in [2.75, 3.05) is 18.4 Å². The molecule has 1 aromatic carbocycles. The third-order valence-corrected chi connectivity index (χ3v) is 3.65. The first-order valence-electron chi connectivity index (χ1n) is 6.63. The molecule has 0 atom stereocenters. The van der Waals surface area contributed by atoms with Gasteiger partial charge in [-0.15, -0.1) is 0 Å². The molecule has 0 unspecified atom stereocenters. The van der Waals surface area contributed by atoms with E-state index < -0.39 is 17.5 Å². The van der Waals surface area contributed by atoms with E-state index in [1.165, 1.54) is 6.07 Å². The highest BCUT2D eigenvalue weighted by molar-refractivity contribution is 5.46. The summed E-state index contributed by atoms with van der Waals surface area (Å²) in [5, 5.41) is 2.97. The van der Waals surface area contributed by atoms with Gasteiger partial charge in [0, 0.05) is 25.2 Å². The Kier molecular flexibility index (Phi) is 4.34. The van der Waals surface area contributed by atoms with Crippen LogP contribution in [-0.2, 0) is 0 Å². The maximum absolute atomic E-state index is 13.5. The van der Waals surface area contributed by atoms with Crippen LogP contribution in [0.1, 0.15) is 26.7 Å². The topological polar surface area (TPSA) is 15.3 Å². The third-order valence-electron chi connectivity index (χ3n) is 3.65. The van der Waals surface area contributed by atoms with Gasteiger partial charge in [-0.2, -0.15) is 0 Å². The van der Waals surface area contributed by atoms with E-state index in [0.29, 0.717) is 6.04 Å². The minimum atomic E-state index is -1.41. The van der Waals surface area contributed by atoms with E-state index in [2.05, 4.69) is 24.1 Å². The van der Waals surface area contributed by atoms with Crippen LogP contribution >= 0.6 is 0 Å². The lowest BCUT2D eigenvalue weighted by atomic mass is 10.0. The molecule has 19 heavy (non-hydrogen) atoms. The number of hydrogen-bond donors (Lipinski definition) is 1. The first-order chi connectivity index (χ1) is 8.99. The molecule has 0 saturated carbocycles. The van der Waals surface area contributed by atoms with Crippen LogP contribution in [-0.4, -0.2) is 30.1 Å². The lowest BCUT2D eigenvalue weighted by molar-refractivity contribution is 0.177. The monoisotopic (exact) mass is 272 g/mol. The third kappa shape index (κ3) is 3.21. The van der Waals surface area contributed by atoms with E-state index in [-0.39, 0.29) is 11.7 Å². The van der Waals surface area contributed by atoms with Crippen LogP contribution in [0.3, 0.4) is 0 Å². The van der Waals surface area contributed by atoms with E-state index in [9.17, 15) is 13.2 Å². The van der Waals surface area contributed by atoms with Gasteiger partial charge in [-0.25, -0.2) is 13.2 Å². The normalized spacial score (nSPS) is 18.0. The average Bonchev–Trinajstić information content (AvgIpc) is 2.40. The summed E-state index contributed by atoms with van der Waals surface area (Å²) in [6.45, 7) is 6.15. The lowest BCUT2D eigenvalue weighted by Gasteiger charge is -2.35. The second-order valence-electron chi connectivity index (χ2n) is 5.27. The summed E-state index contributed by atoms with van der Waals surface area (Å²) in [5.74, 6) is -3.70. The molecule has 0 amide bonds. The van der Waals surface area contributed by atoms with Crippen molar-refractivity contribution in [2.24, 2.45) is 0 Å². The molecule has 0 aromatic heterocycles. The number of anilines is 1. The zero-order valence-corrected chi connectivity index (χ0v) is 11.2. The van der Waals surface area contributed by atoms with Crippen molar-refractivity contribution in [3.63, 3.8) is 0 Å². The Bertz CT molecular complexity index is 441. The van der Waals surface area contributed by atoms with Crippen LogP contribution < -0.4 is 5.32 Å². The summed E-state index contributed by atoms with van der Waals surface area (Å²) in [6.07, 6.45) is 1.74. The zero-order valence-electron chi connectivity index (χ0n) is 11.2. The fraction of sp³-hybridized carbons (Fsp3) is 0.571.